The van der Waals surface area contributed by atoms with Gasteiger partial charge in [0.15, 0.2) is 0 Å². The molecule has 0 aromatic heterocycles. The zero-order chi connectivity index (χ0) is 27.7. The number of primary amides is 1. The molecule has 0 spiro atoms. The van der Waals surface area contributed by atoms with E-state index in [-0.39, 0.29) is 24.0 Å². The van der Waals surface area contributed by atoms with Crippen LogP contribution in [0.2, 0.25) is 0 Å². The van der Waals surface area contributed by atoms with Crippen LogP contribution in [0.5, 0.6) is 0 Å². The van der Waals surface area contributed by atoms with E-state index in [0.29, 0.717) is 17.3 Å². The van der Waals surface area contributed by atoms with Crippen LogP contribution in [-0.2, 0) is 28.6 Å². The van der Waals surface area contributed by atoms with Crippen molar-refractivity contribution in [3.63, 3.8) is 0 Å². The van der Waals surface area contributed by atoms with Crippen LogP contribution in [0.4, 0.5) is 4.79 Å². The summed E-state index contributed by atoms with van der Waals surface area (Å²) in [6.07, 6.45) is 7.03. The molecule has 2 fully saturated rings. The molecule has 0 bridgehead atoms. The van der Waals surface area contributed by atoms with E-state index in [0.717, 1.165) is 44.9 Å². The Kier molecular flexibility index (Phi) is 11.2. The maximum absolute atomic E-state index is 13.6. The second-order valence-corrected chi connectivity index (χ2v) is 12.2. The van der Waals surface area contributed by atoms with Gasteiger partial charge in [0, 0.05) is 17.4 Å². The SMILES string of the molecule is C=CCCCCC[C@H](NC(=O)OC1CCCC1)C(=O)N1C[C@@H](OS(=O)(=O)c2ccc(Br)cc2)C[C@H]1C(N)=O. The smallest absolute Gasteiger partial charge is 0.408 e. The van der Waals surface area contributed by atoms with Crippen molar-refractivity contribution >= 4 is 44.0 Å². The summed E-state index contributed by atoms with van der Waals surface area (Å²) < 4.78 is 37.2. The third-order valence-corrected chi connectivity index (χ3v) is 8.71. The monoisotopic (exact) mass is 613 g/mol. The average Bonchev–Trinajstić information content (AvgIpc) is 3.53. The van der Waals surface area contributed by atoms with Gasteiger partial charge in [0.05, 0.1) is 11.0 Å². The molecular weight excluding hydrogens is 578 g/mol. The number of hydrogen-bond donors (Lipinski definition) is 2. The number of nitrogens with two attached hydrogens (primary N) is 1. The molecular formula is C26H36BrN3O7S. The quantitative estimate of drug-likeness (QED) is 0.195. The van der Waals surface area contributed by atoms with Gasteiger partial charge in [-0.15, -0.1) is 6.58 Å². The fourth-order valence-electron chi connectivity index (χ4n) is 4.82. The molecule has 1 aromatic carbocycles. The first-order chi connectivity index (χ1) is 18.1. The lowest BCUT2D eigenvalue weighted by molar-refractivity contribution is -0.139. The van der Waals surface area contributed by atoms with Gasteiger partial charge in [-0.05, 0) is 69.2 Å². The average molecular weight is 615 g/mol. The van der Waals surface area contributed by atoms with E-state index in [2.05, 4.69) is 27.8 Å². The molecule has 3 atom stereocenters. The molecule has 0 radical (unpaired) electrons. The summed E-state index contributed by atoms with van der Waals surface area (Å²) in [6, 6.07) is 3.92. The van der Waals surface area contributed by atoms with E-state index >= 15 is 0 Å². The standard InChI is InChI=1S/C26H36BrN3O7S/c1-2-3-4-5-6-11-22(29-26(33)36-19-9-7-8-10-19)25(32)30-17-20(16-23(30)24(28)31)37-38(34,35)21-14-12-18(27)13-15-21/h2,12-15,19-20,22-23H,1,3-11,16-17H2,(H2,28,31)(H,29,33)/t20-,22-,23-/m0/s1. The molecule has 3 N–H and O–H groups in total. The minimum Gasteiger partial charge on any atom is -0.446 e. The summed E-state index contributed by atoms with van der Waals surface area (Å²) in [5.74, 6) is -1.29. The molecule has 1 saturated heterocycles. The molecule has 1 heterocycles. The number of unbranched alkanes of at least 4 members (excludes halogenated alkanes) is 3. The maximum Gasteiger partial charge on any atom is 0.408 e. The molecule has 1 aromatic rings. The van der Waals surface area contributed by atoms with Gasteiger partial charge in [0.1, 0.15) is 18.2 Å². The lowest BCUT2D eigenvalue weighted by Gasteiger charge is -2.28. The van der Waals surface area contributed by atoms with Crippen LogP contribution in [0.15, 0.2) is 46.3 Å². The highest BCUT2D eigenvalue weighted by Crippen LogP contribution is 2.27. The fourth-order valence-corrected chi connectivity index (χ4v) is 6.16. The van der Waals surface area contributed by atoms with Crippen LogP contribution in [0, 0.1) is 0 Å². The number of hydrogen-bond acceptors (Lipinski definition) is 7. The van der Waals surface area contributed by atoms with Crippen LogP contribution in [0.3, 0.4) is 0 Å². The van der Waals surface area contributed by atoms with E-state index in [1.807, 2.05) is 6.08 Å². The Hall–Kier alpha value is -2.44. The number of ether oxygens (including phenoxy) is 1. The molecule has 1 aliphatic heterocycles. The summed E-state index contributed by atoms with van der Waals surface area (Å²) in [6.45, 7) is 3.55. The number of allylic oxidation sites excluding steroid dienone is 1. The molecule has 1 saturated carbocycles. The van der Waals surface area contributed by atoms with Gasteiger partial charge in [0.25, 0.3) is 10.1 Å². The summed E-state index contributed by atoms with van der Waals surface area (Å²) in [4.78, 5) is 39.6. The van der Waals surface area contributed by atoms with Crippen molar-refractivity contribution in [2.24, 2.45) is 5.73 Å². The first-order valence-corrected chi connectivity index (χ1v) is 15.2. The number of halogens is 1. The van der Waals surface area contributed by atoms with Gasteiger partial charge in [-0.1, -0.05) is 34.8 Å². The van der Waals surface area contributed by atoms with Gasteiger partial charge in [-0.2, -0.15) is 8.42 Å². The van der Waals surface area contributed by atoms with Crippen molar-refractivity contribution in [2.45, 2.75) is 93.4 Å². The van der Waals surface area contributed by atoms with Gasteiger partial charge >= 0.3 is 6.09 Å². The van der Waals surface area contributed by atoms with Gasteiger partial charge in [0.2, 0.25) is 11.8 Å². The van der Waals surface area contributed by atoms with E-state index in [9.17, 15) is 22.8 Å². The van der Waals surface area contributed by atoms with Crippen molar-refractivity contribution in [1.82, 2.24) is 10.2 Å². The number of likely N-dealkylation sites (tertiary alicyclic amines) is 1. The van der Waals surface area contributed by atoms with E-state index in [1.54, 1.807) is 12.1 Å². The third-order valence-electron chi connectivity index (χ3n) is 6.81. The third kappa shape index (κ3) is 8.54. The first-order valence-electron chi connectivity index (χ1n) is 13.0. The second kappa shape index (κ2) is 14.1. The number of amides is 3. The van der Waals surface area contributed by atoms with Crippen molar-refractivity contribution in [3.05, 3.63) is 41.4 Å². The Morgan fingerprint density at radius 1 is 1.13 bits per heavy atom. The molecule has 1 aliphatic carbocycles. The molecule has 38 heavy (non-hydrogen) atoms. The lowest BCUT2D eigenvalue weighted by atomic mass is 10.1. The molecule has 210 valence electrons. The number of carbonyl (C=O) groups excluding carboxylic acids is 3. The minimum atomic E-state index is -4.14. The maximum atomic E-state index is 13.6. The summed E-state index contributed by atoms with van der Waals surface area (Å²) in [7, 11) is -4.14. The number of alkyl carbamates (subject to hydrolysis) is 1. The summed E-state index contributed by atoms with van der Waals surface area (Å²) in [5.41, 5.74) is 5.58. The number of carbonyl (C=O) groups is 3. The highest BCUT2D eigenvalue weighted by Gasteiger charge is 2.43. The van der Waals surface area contributed by atoms with Crippen molar-refractivity contribution in [2.75, 3.05) is 6.54 Å². The Bertz CT molecular complexity index is 1090. The number of rotatable bonds is 13. The van der Waals surface area contributed by atoms with Gasteiger partial charge in [-0.3, -0.25) is 13.8 Å². The molecule has 0 unspecified atom stereocenters. The highest BCUT2D eigenvalue weighted by atomic mass is 79.9. The summed E-state index contributed by atoms with van der Waals surface area (Å²) in [5, 5.41) is 2.68. The van der Waals surface area contributed by atoms with Crippen molar-refractivity contribution < 1.29 is 31.7 Å². The Labute approximate surface area is 232 Å². The van der Waals surface area contributed by atoms with Crippen LogP contribution in [0.25, 0.3) is 0 Å². The summed E-state index contributed by atoms with van der Waals surface area (Å²) >= 11 is 3.26. The van der Waals surface area contributed by atoms with Crippen molar-refractivity contribution in [3.8, 4) is 0 Å². The molecule has 3 amide bonds. The molecule has 12 heteroatoms. The van der Waals surface area contributed by atoms with E-state index in [4.69, 9.17) is 14.7 Å². The highest BCUT2D eigenvalue weighted by molar-refractivity contribution is 9.10. The van der Waals surface area contributed by atoms with Gasteiger partial charge < -0.3 is 20.7 Å². The normalized spacial score (nSPS) is 20.7. The fraction of sp³-hybridized carbons (Fsp3) is 0.577. The Morgan fingerprint density at radius 2 is 1.82 bits per heavy atom. The number of nitrogens with zero attached hydrogens (tertiary/aromatic N) is 1. The Morgan fingerprint density at radius 3 is 2.45 bits per heavy atom. The second-order valence-electron chi connectivity index (χ2n) is 9.71. The molecule has 3 rings (SSSR count). The predicted octanol–water partition coefficient (Wildman–Crippen LogP) is 3.78. The van der Waals surface area contributed by atoms with Crippen molar-refractivity contribution in [1.29, 1.82) is 0 Å². The molecule has 2 aliphatic rings. The topological polar surface area (TPSA) is 145 Å². The number of benzene rings is 1. The van der Waals surface area contributed by atoms with Crippen LogP contribution in [-0.4, -0.2) is 62.1 Å². The zero-order valence-electron chi connectivity index (χ0n) is 21.3. The minimum absolute atomic E-state index is 0.0465. The first kappa shape index (κ1) is 30.1. The lowest BCUT2D eigenvalue weighted by Crippen LogP contribution is -2.53. The van der Waals surface area contributed by atoms with Gasteiger partial charge in [-0.25, -0.2) is 4.79 Å². The van der Waals surface area contributed by atoms with Crippen LogP contribution >= 0.6 is 15.9 Å². The Balaban J connectivity index is 1.71. The zero-order valence-corrected chi connectivity index (χ0v) is 23.8. The van der Waals surface area contributed by atoms with E-state index in [1.165, 1.54) is 17.0 Å². The number of nitrogens with one attached hydrogen (secondary N) is 1. The van der Waals surface area contributed by atoms with Crippen LogP contribution < -0.4 is 11.1 Å². The van der Waals surface area contributed by atoms with E-state index < -0.39 is 46.2 Å². The molecule has 10 nitrogen and oxygen atoms in total. The predicted molar refractivity (Wildman–Crippen MR) is 144 cm³/mol. The van der Waals surface area contributed by atoms with Crippen LogP contribution in [0.1, 0.15) is 64.2 Å². The largest absolute Gasteiger partial charge is 0.446 e.